The van der Waals surface area contributed by atoms with Crippen molar-refractivity contribution in [2.24, 2.45) is 0 Å². The molecule has 0 radical (unpaired) electrons. The molecule has 2 aromatic carbocycles. The van der Waals surface area contributed by atoms with Gasteiger partial charge < -0.3 is 9.47 Å². The molecule has 0 saturated heterocycles. The van der Waals surface area contributed by atoms with E-state index in [1.165, 1.54) is 0 Å². The topological polar surface area (TPSA) is 35.5 Å². The molecule has 0 aliphatic carbocycles. The van der Waals surface area contributed by atoms with Crippen LogP contribution in [0.4, 0.5) is 0 Å². The van der Waals surface area contributed by atoms with E-state index in [0.717, 1.165) is 5.57 Å². The minimum atomic E-state index is -0.230. The lowest BCUT2D eigenvalue weighted by Crippen LogP contribution is -2.13. The normalized spacial score (nSPS) is 11.1. The number of benzene rings is 2. The number of ketones is 1. The number of allylic oxidation sites excluding steroid dienone is 1. The maximum Gasteiger partial charge on any atom is 0.193 e. The fourth-order valence-electron chi connectivity index (χ4n) is 2.58. The number of carbonyl (C=O) groups is 1. The Morgan fingerprint density at radius 3 is 2.36 bits per heavy atom. The van der Waals surface area contributed by atoms with Gasteiger partial charge in [0.05, 0.1) is 0 Å². The van der Waals surface area contributed by atoms with Gasteiger partial charge in [-0.05, 0) is 30.2 Å². The zero-order valence-electron chi connectivity index (χ0n) is 16.1. The number of hydrogen-bond donors (Lipinski definition) is 0. The molecule has 0 spiro atoms. The lowest BCUT2D eigenvalue weighted by Gasteiger charge is -2.18. The van der Waals surface area contributed by atoms with Gasteiger partial charge >= 0.3 is 0 Å². The van der Waals surface area contributed by atoms with Crippen molar-refractivity contribution in [3.05, 3.63) is 110 Å². The van der Waals surface area contributed by atoms with Crippen LogP contribution in [0, 0.1) is 0 Å². The minimum absolute atomic E-state index is 0.0757. The molecule has 3 nitrogen and oxygen atoms in total. The van der Waals surface area contributed by atoms with E-state index in [1.807, 2.05) is 18.2 Å². The van der Waals surface area contributed by atoms with E-state index in [9.17, 15) is 4.79 Å². The van der Waals surface area contributed by atoms with Crippen LogP contribution >= 0.6 is 0 Å². The van der Waals surface area contributed by atoms with E-state index in [0.29, 0.717) is 42.1 Å². The summed E-state index contributed by atoms with van der Waals surface area (Å²) in [6, 6.07) is 14.3. The first-order chi connectivity index (χ1) is 13.6. The first-order valence-electron chi connectivity index (χ1n) is 9.13. The summed E-state index contributed by atoms with van der Waals surface area (Å²) >= 11 is 0. The average molecular weight is 374 g/mol. The summed E-state index contributed by atoms with van der Waals surface area (Å²) in [6.07, 6.45) is 6.31. The lowest BCUT2D eigenvalue weighted by atomic mass is 10.0. The zero-order chi connectivity index (χ0) is 20.4. The van der Waals surface area contributed by atoms with Crippen molar-refractivity contribution in [2.45, 2.75) is 18.9 Å². The van der Waals surface area contributed by atoms with Gasteiger partial charge in [0.1, 0.15) is 12.7 Å². The molecular formula is C25H26O3. The van der Waals surface area contributed by atoms with Crippen LogP contribution in [0.15, 0.2) is 98.6 Å². The summed E-state index contributed by atoms with van der Waals surface area (Å²) in [6.45, 7) is 15.5. The zero-order valence-corrected chi connectivity index (χ0v) is 16.1. The smallest absolute Gasteiger partial charge is 0.193 e. The van der Waals surface area contributed by atoms with Gasteiger partial charge in [-0.15, -0.1) is 13.2 Å². The summed E-state index contributed by atoms with van der Waals surface area (Å²) < 4.78 is 11.9. The Hall–Kier alpha value is -3.33. The maximum atomic E-state index is 12.8. The highest BCUT2D eigenvalue weighted by Crippen LogP contribution is 2.31. The van der Waals surface area contributed by atoms with Gasteiger partial charge in [-0.25, -0.2) is 0 Å². The second kappa shape index (κ2) is 10.7. The molecule has 144 valence electrons. The van der Waals surface area contributed by atoms with Gasteiger partial charge in [-0.2, -0.15) is 0 Å². The summed E-state index contributed by atoms with van der Waals surface area (Å²) in [4.78, 5) is 12.8. The molecular weight excluding hydrogens is 348 g/mol. The second-order valence-electron chi connectivity index (χ2n) is 6.30. The van der Waals surface area contributed by atoms with E-state index in [1.54, 1.807) is 48.6 Å². The highest BCUT2D eigenvalue weighted by atomic mass is 16.5. The summed E-state index contributed by atoms with van der Waals surface area (Å²) in [5.74, 6) is 0.957. The van der Waals surface area contributed by atoms with Crippen LogP contribution in [0.2, 0.25) is 0 Å². The molecule has 0 aliphatic rings. The van der Waals surface area contributed by atoms with Gasteiger partial charge in [0.25, 0.3) is 0 Å². The molecule has 1 atom stereocenters. The van der Waals surface area contributed by atoms with Crippen molar-refractivity contribution in [3.63, 3.8) is 0 Å². The molecule has 1 unspecified atom stereocenters. The van der Waals surface area contributed by atoms with Crippen molar-refractivity contribution in [3.8, 4) is 11.5 Å². The van der Waals surface area contributed by atoms with E-state index >= 15 is 0 Å². The van der Waals surface area contributed by atoms with Crippen LogP contribution < -0.4 is 9.47 Å². The van der Waals surface area contributed by atoms with Gasteiger partial charge in [-0.1, -0.05) is 61.7 Å². The molecule has 0 aromatic heterocycles. The Bertz CT molecular complexity index is 849. The summed E-state index contributed by atoms with van der Waals surface area (Å²) in [7, 11) is 0. The van der Waals surface area contributed by atoms with Crippen LogP contribution in [0.1, 0.15) is 28.8 Å². The van der Waals surface area contributed by atoms with Crippen LogP contribution in [-0.4, -0.2) is 18.5 Å². The van der Waals surface area contributed by atoms with Gasteiger partial charge in [0.2, 0.25) is 0 Å². The third-order valence-electron chi connectivity index (χ3n) is 4.05. The third-order valence-corrected chi connectivity index (χ3v) is 4.05. The fourth-order valence-corrected chi connectivity index (χ4v) is 2.58. The van der Waals surface area contributed by atoms with Crippen molar-refractivity contribution in [2.75, 3.05) is 6.61 Å². The quantitative estimate of drug-likeness (QED) is 0.341. The Balaban J connectivity index is 2.31. The van der Waals surface area contributed by atoms with Gasteiger partial charge in [0, 0.05) is 17.5 Å². The highest BCUT2D eigenvalue weighted by molar-refractivity contribution is 6.09. The second-order valence-corrected chi connectivity index (χ2v) is 6.30. The van der Waals surface area contributed by atoms with Gasteiger partial charge in [0.15, 0.2) is 17.3 Å². The Morgan fingerprint density at radius 2 is 1.71 bits per heavy atom. The molecule has 0 fully saturated rings. The Labute approximate surface area is 167 Å². The Morgan fingerprint density at radius 1 is 0.964 bits per heavy atom. The van der Waals surface area contributed by atoms with Crippen LogP contribution in [-0.2, 0) is 0 Å². The first-order valence-corrected chi connectivity index (χ1v) is 9.13. The van der Waals surface area contributed by atoms with E-state index in [-0.39, 0.29) is 11.9 Å². The van der Waals surface area contributed by atoms with Crippen molar-refractivity contribution < 1.29 is 14.3 Å². The number of rotatable bonds is 12. The molecule has 0 bridgehead atoms. The summed E-state index contributed by atoms with van der Waals surface area (Å²) in [5.41, 5.74) is 2.03. The van der Waals surface area contributed by atoms with Crippen molar-refractivity contribution in [1.29, 1.82) is 0 Å². The molecule has 0 amide bonds. The number of ether oxygens (including phenoxy) is 2. The predicted octanol–water partition coefficient (Wildman–Crippen LogP) is 5.94. The monoisotopic (exact) mass is 374 g/mol. The first kappa shape index (κ1) is 21.0. The van der Waals surface area contributed by atoms with Crippen LogP contribution in [0.5, 0.6) is 11.5 Å². The standard InChI is InChI=1S/C25H26O3/c1-5-11-19(4)18-27-24-17-21(25(26)20-13-9-8-10-14-20)15-16-23(24)28-22(7-3)12-6-2/h5-10,13-17,22H,1-4,11-12,18H2. The highest BCUT2D eigenvalue weighted by Gasteiger charge is 2.15. The third kappa shape index (κ3) is 5.85. The van der Waals surface area contributed by atoms with Crippen LogP contribution in [0.3, 0.4) is 0 Å². The van der Waals surface area contributed by atoms with E-state index < -0.39 is 0 Å². The largest absolute Gasteiger partial charge is 0.485 e. The average Bonchev–Trinajstić information content (AvgIpc) is 2.72. The van der Waals surface area contributed by atoms with Crippen LogP contribution in [0.25, 0.3) is 0 Å². The SMILES string of the molecule is C=CCC(=C)COc1cc(C(=O)c2ccccc2)ccc1OC(C=C)CC=C. The van der Waals surface area contributed by atoms with E-state index in [4.69, 9.17) is 9.47 Å². The maximum absolute atomic E-state index is 12.8. The molecule has 0 N–H and O–H groups in total. The molecule has 0 heterocycles. The lowest BCUT2D eigenvalue weighted by molar-refractivity contribution is 0.103. The molecule has 0 aliphatic heterocycles. The molecule has 3 heteroatoms. The van der Waals surface area contributed by atoms with Gasteiger partial charge in [-0.3, -0.25) is 4.79 Å². The van der Waals surface area contributed by atoms with Crippen molar-refractivity contribution >= 4 is 5.78 Å². The molecule has 0 saturated carbocycles. The molecule has 28 heavy (non-hydrogen) atoms. The molecule has 2 rings (SSSR count). The minimum Gasteiger partial charge on any atom is -0.485 e. The summed E-state index contributed by atoms with van der Waals surface area (Å²) in [5, 5.41) is 0. The number of hydrogen-bond acceptors (Lipinski definition) is 3. The van der Waals surface area contributed by atoms with Crippen molar-refractivity contribution in [1.82, 2.24) is 0 Å². The molecule has 2 aromatic rings. The predicted molar refractivity (Wildman–Crippen MR) is 115 cm³/mol. The fraction of sp³-hybridized carbons (Fsp3) is 0.160. The van der Waals surface area contributed by atoms with E-state index in [2.05, 4.69) is 26.3 Å². The Kier molecular flexibility index (Phi) is 8.04. The number of carbonyl (C=O) groups excluding carboxylic acids is 1.